The number of para-hydroxylation sites is 1. The number of nitrogens with zero attached hydrogens (tertiary/aromatic N) is 1. The predicted octanol–water partition coefficient (Wildman–Crippen LogP) is 3.45. The summed E-state index contributed by atoms with van der Waals surface area (Å²) in [6.07, 6.45) is 1.76. The van der Waals surface area contributed by atoms with Crippen molar-refractivity contribution in [2.45, 2.75) is 46.0 Å². The lowest BCUT2D eigenvalue weighted by Crippen LogP contribution is -2.34. The lowest BCUT2D eigenvalue weighted by Gasteiger charge is -2.26. The number of carbonyl (C=O) groups excluding carboxylic acids is 2. The van der Waals surface area contributed by atoms with Gasteiger partial charge in [0.05, 0.1) is 17.1 Å². The molecule has 0 saturated heterocycles. The summed E-state index contributed by atoms with van der Waals surface area (Å²) in [5.74, 6) is -1.23. The second-order valence-electron chi connectivity index (χ2n) is 6.44. The molecule has 1 aliphatic heterocycles. The Morgan fingerprint density at radius 1 is 1.35 bits per heavy atom. The molecule has 1 aromatic carbocycles. The molecular weight excluding hydrogens is 336 g/mol. The predicted molar refractivity (Wildman–Crippen MR) is 96.3 cm³/mol. The van der Waals surface area contributed by atoms with Crippen LogP contribution in [0.3, 0.4) is 0 Å². The highest BCUT2D eigenvalue weighted by molar-refractivity contribution is 5.96. The number of rotatable bonds is 7. The van der Waals surface area contributed by atoms with Crippen molar-refractivity contribution in [3.8, 4) is 0 Å². The Labute approximate surface area is 152 Å². The van der Waals surface area contributed by atoms with E-state index in [9.17, 15) is 19.7 Å². The van der Waals surface area contributed by atoms with E-state index in [4.69, 9.17) is 4.74 Å². The minimum absolute atomic E-state index is 0.0301. The molecule has 140 valence electrons. The number of esters is 1. The zero-order valence-electron chi connectivity index (χ0n) is 15.3. The molecule has 1 amide bonds. The van der Waals surface area contributed by atoms with Crippen molar-refractivity contribution < 1.29 is 19.2 Å². The molecule has 0 radical (unpaired) electrons. The van der Waals surface area contributed by atoms with Gasteiger partial charge in [0, 0.05) is 29.7 Å². The van der Waals surface area contributed by atoms with Gasteiger partial charge in [-0.15, -0.1) is 0 Å². The summed E-state index contributed by atoms with van der Waals surface area (Å²) in [5.41, 5.74) is 0.912. The van der Waals surface area contributed by atoms with Crippen molar-refractivity contribution in [1.82, 2.24) is 5.32 Å². The molecule has 7 nitrogen and oxygen atoms in total. The van der Waals surface area contributed by atoms with E-state index < -0.39 is 16.8 Å². The largest absolute Gasteiger partial charge is 0.462 e. The van der Waals surface area contributed by atoms with Gasteiger partial charge in [-0.3, -0.25) is 14.9 Å². The van der Waals surface area contributed by atoms with Crippen molar-refractivity contribution in [2.75, 3.05) is 6.61 Å². The lowest BCUT2D eigenvalue weighted by atomic mass is 9.83. The van der Waals surface area contributed by atoms with E-state index in [1.54, 1.807) is 25.1 Å². The molecule has 1 aliphatic rings. The molecule has 7 heteroatoms. The van der Waals surface area contributed by atoms with E-state index in [1.165, 1.54) is 6.07 Å². The first-order chi connectivity index (χ1) is 12.4. The average Bonchev–Trinajstić information content (AvgIpc) is 2.61. The number of hydrogen-bond donors (Lipinski definition) is 1. The third-order valence-electron chi connectivity index (χ3n) is 4.80. The Morgan fingerprint density at radius 3 is 2.62 bits per heavy atom. The van der Waals surface area contributed by atoms with Crippen LogP contribution in [0.1, 0.15) is 51.5 Å². The standard InChI is InChI=1S/C19H24N2O5/c1-4-13(5-2)11-26-19(23)18-12(3)20-17(22)10-15(18)14-8-6-7-9-16(14)21(24)25/h6-9,13,15H,4-5,10-11H2,1-3H3,(H,20,22)/t15-/m0/s1. The maximum absolute atomic E-state index is 12.7. The number of nitro groups is 1. The van der Waals surface area contributed by atoms with E-state index in [2.05, 4.69) is 5.32 Å². The Morgan fingerprint density at radius 2 is 2.00 bits per heavy atom. The van der Waals surface area contributed by atoms with Crippen LogP contribution in [0, 0.1) is 16.0 Å². The highest BCUT2D eigenvalue weighted by Crippen LogP contribution is 2.38. The van der Waals surface area contributed by atoms with Gasteiger partial charge in [-0.05, 0) is 12.8 Å². The summed E-state index contributed by atoms with van der Waals surface area (Å²) in [6.45, 7) is 5.97. The molecule has 0 bridgehead atoms. The van der Waals surface area contributed by atoms with Crippen molar-refractivity contribution in [3.63, 3.8) is 0 Å². The summed E-state index contributed by atoms with van der Waals surface area (Å²) < 4.78 is 5.47. The monoisotopic (exact) mass is 360 g/mol. The first-order valence-corrected chi connectivity index (χ1v) is 8.80. The fourth-order valence-electron chi connectivity index (χ4n) is 3.18. The third-order valence-corrected chi connectivity index (χ3v) is 4.80. The molecule has 0 aromatic heterocycles. The van der Waals surface area contributed by atoms with Gasteiger partial charge in [-0.2, -0.15) is 0 Å². The number of allylic oxidation sites excluding steroid dienone is 1. The molecule has 0 fully saturated rings. The maximum Gasteiger partial charge on any atom is 0.336 e. The van der Waals surface area contributed by atoms with E-state index in [0.29, 0.717) is 17.9 Å². The van der Waals surface area contributed by atoms with Gasteiger partial charge in [0.15, 0.2) is 0 Å². The van der Waals surface area contributed by atoms with Gasteiger partial charge < -0.3 is 10.1 Å². The molecular formula is C19H24N2O5. The highest BCUT2D eigenvalue weighted by atomic mass is 16.6. The van der Waals surface area contributed by atoms with Crippen molar-refractivity contribution in [1.29, 1.82) is 0 Å². The van der Waals surface area contributed by atoms with Crippen LogP contribution in [0.25, 0.3) is 0 Å². The Balaban J connectivity index is 2.38. The van der Waals surface area contributed by atoms with E-state index >= 15 is 0 Å². The number of nitrogens with one attached hydrogen (secondary N) is 1. The molecule has 0 unspecified atom stereocenters. The molecule has 1 atom stereocenters. The average molecular weight is 360 g/mol. The quantitative estimate of drug-likeness (QED) is 0.456. The molecule has 2 rings (SSSR count). The van der Waals surface area contributed by atoms with Crippen LogP contribution in [0.15, 0.2) is 35.5 Å². The van der Waals surface area contributed by atoms with Crippen LogP contribution >= 0.6 is 0 Å². The van der Waals surface area contributed by atoms with E-state index in [0.717, 1.165) is 12.8 Å². The Kier molecular flexibility index (Phi) is 6.49. The van der Waals surface area contributed by atoms with Crippen LogP contribution in [-0.2, 0) is 14.3 Å². The highest BCUT2D eigenvalue weighted by Gasteiger charge is 2.36. The Hall–Kier alpha value is -2.70. The fourth-order valence-corrected chi connectivity index (χ4v) is 3.18. The van der Waals surface area contributed by atoms with Gasteiger partial charge in [-0.1, -0.05) is 44.9 Å². The van der Waals surface area contributed by atoms with Crippen molar-refractivity contribution in [3.05, 3.63) is 51.2 Å². The number of ether oxygens (including phenoxy) is 1. The molecule has 0 aliphatic carbocycles. The van der Waals surface area contributed by atoms with Gasteiger partial charge in [-0.25, -0.2) is 4.79 Å². The third kappa shape index (κ3) is 4.28. The summed E-state index contributed by atoms with van der Waals surface area (Å²) in [6, 6.07) is 6.19. The minimum atomic E-state index is -0.695. The first kappa shape index (κ1) is 19.6. The maximum atomic E-state index is 12.7. The van der Waals surface area contributed by atoms with Crippen LogP contribution < -0.4 is 5.32 Å². The Bertz CT molecular complexity index is 737. The number of amides is 1. The second kappa shape index (κ2) is 8.60. The van der Waals surface area contributed by atoms with Crippen LogP contribution in [0.5, 0.6) is 0 Å². The lowest BCUT2D eigenvalue weighted by molar-refractivity contribution is -0.385. The van der Waals surface area contributed by atoms with Crippen molar-refractivity contribution in [2.24, 2.45) is 5.92 Å². The number of benzene rings is 1. The number of hydrogen-bond acceptors (Lipinski definition) is 5. The molecule has 0 spiro atoms. The topological polar surface area (TPSA) is 98.5 Å². The first-order valence-electron chi connectivity index (χ1n) is 8.80. The normalized spacial score (nSPS) is 17.2. The summed E-state index contributed by atoms with van der Waals surface area (Å²) in [7, 11) is 0. The van der Waals surface area contributed by atoms with Crippen LogP contribution in [-0.4, -0.2) is 23.4 Å². The number of nitro benzene ring substituents is 1. The van der Waals surface area contributed by atoms with Gasteiger partial charge in [0.1, 0.15) is 0 Å². The van der Waals surface area contributed by atoms with E-state index in [1.807, 2.05) is 13.8 Å². The second-order valence-corrected chi connectivity index (χ2v) is 6.44. The molecule has 26 heavy (non-hydrogen) atoms. The summed E-state index contributed by atoms with van der Waals surface area (Å²) in [5, 5.41) is 14.0. The van der Waals surface area contributed by atoms with Crippen LogP contribution in [0.2, 0.25) is 0 Å². The molecule has 1 aromatic rings. The molecule has 0 saturated carbocycles. The smallest absolute Gasteiger partial charge is 0.336 e. The zero-order chi connectivity index (χ0) is 19.3. The van der Waals surface area contributed by atoms with Crippen LogP contribution in [0.4, 0.5) is 5.69 Å². The summed E-state index contributed by atoms with van der Waals surface area (Å²) in [4.78, 5) is 35.6. The fraction of sp³-hybridized carbons (Fsp3) is 0.474. The minimum Gasteiger partial charge on any atom is -0.462 e. The SMILES string of the molecule is CCC(CC)COC(=O)C1=C(C)NC(=O)C[C@H]1c1ccccc1[N+](=O)[O-]. The van der Waals surface area contributed by atoms with Gasteiger partial charge in [0.25, 0.3) is 5.69 Å². The van der Waals surface area contributed by atoms with Gasteiger partial charge >= 0.3 is 5.97 Å². The number of carbonyl (C=O) groups is 2. The molecule has 1 heterocycles. The zero-order valence-corrected chi connectivity index (χ0v) is 15.3. The summed E-state index contributed by atoms with van der Waals surface area (Å²) >= 11 is 0. The molecule has 1 N–H and O–H groups in total. The van der Waals surface area contributed by atoms with Gasteiger partial charge in [0.2, 0.25) is 5.91 Å². The van der Waals surface area contributed by atoms with E-state index in [-0.39, 0.29) is 29.5 Å². The van der Waals surface area contributed by atoms with Crippen molar-refractivity contribution >= 4 is 17.6 Å².